The van der Waals surface area contributed by atoms with Gasteiger partial charge in [0.05, 0.1) is 12.7 Å². The maximum absolute atomic E-state index is 12.0. The summed E-state index contributed by atoms with van der Waals surface area (Å²) in [7, 11) is 1.59. The Kier molecular flexibility index (Phi) is 6.36. The molecule has 0 saturated heterocycles. The van der Waals surface area contributed by atoms with Crippen molar-refractivity contribution < 1.29 is 19.4 Å². The van der Waals surface area contributed by atoms with Gasteiger partial charge in [0.2, 0.25) is 0 Å². The predicted molar refractivity (Wildman–Crippen MR) is 100 cm³/mol. The first kappa shape index (κ1) is 19.5. The molecule has 6 heteroatoms. The second kappa shape index (κ2) is 8.49. The molecule has 1 unspecified atom stereocenters. The number of nitrogens with one attached hydrogen (secondary N) is 2. The molecular weight excluding hydrogens is 332 g/mol. The van der Waals surface area contributed by atoms with Gasteiger partial charge >= 0.3 is 11.8 Å². The van der Waals surface area contributed by atoms with Crippen LogP contribution in [-0.4, -0.2) is 36.2 Å². The van der Waals surface area contributed by atoms with Gasteiger partial charge in [-0.3, -0.25) is 9.59 Å². The maximum Gasteiger partial charge on any atom is 0.313 e. The Labute approximate surface area is 153 Å². The highest BCUT2D eigenvalue weighted by Crippen LogP contribution is 2.16. The van der Waals surface area contributed by atoms with Crippen LogP contribution in [0.3, 0.4) is 0 Å². The summed E-state index contributed by atoms with van der Waals surface area (Å²) in [6, 6.07) is 14.5. The lowest BCUT2D eigenvalue weighted by molar-refractivity contribution is -0.136. The van der Waals surface area contributed by atoms with E-state index < -0.39 is 17.4 Å². The minimum atomic E-state index is -1.19. The second-order valence-electron chi connectivity index (χ2n) is 6.53. The van der Waals surface area contributed by atoms with Crippen LogP contribution in [0.5, 0.6) is 5.75 Å². The average molecular weight is 356 g/mol. The first-order chi connectivity index (χ1) is 12.3. The van der Waals surface area contributed by atoms with Crippen LogP contribution in [0, 0.1) is 6.92 Å². The van der Waals surface area contributed by atoms with Crippen LogP contribution in [0.2, 0.25) is 0 Å². The van der Waals surface area contributed by atoms with Crippen molar-refractivity contribution in [3.63, 3.8) is 0 Å². The van der Waals surface area contributed by atoms with Crippen LogP contribution in [-0.2, 0) is 16.0 Å². The quantitative estimate of drug-likeness (QED) is 0.691. The zero-order valence-electron chi connectivity index (χ0n) is 15.2. The number of amides is 2. The molecule has 0 spiro atoms. The lowest BCUT2D eigenvalue weighted by Gasteiger charge is -2.23. The molecule has 0 radical (unpaired) electrons. The summed E-state index contributed by atoms with van der Waals surface area (Å²) in [6.45, 7) is 3.46. The number of benzene rings is 2. The number of hydrogen-bond donors (Lipinski definition) is 3. The fourth-order valence-corrected chi connectivity index (χ4v) is 2.51. The third-order valence-electron chi connectivity index (χ3n) is 3.86. The van der Waals surface area contributed by atoms with Crippen LogP contribution in [0.15, 0.2) is 48.5 Å². The maximum atomic E-state index is 12.0. The molecular formula is C20H24N2O4. The SMILES string of the molecule is COc1ccc(CC(C)(O)CNC(=O)C(=O)Nc2cccc(C)c2)cc1. The molecule has 0 bridgehead atoms. The highest BCUT2D eigenvalue weighted by Gasteiger charge is 2.24. The van der Waals surface area contributed by atoms with E-state index in [1.165, 1.54) is 0 Å². The van der Waals surface area contributed by atoms with Gasteiger partial charge in [-0.05, 0) is 49.2 Å². The molecule has 0 aliphatic heterocycles. The smallest absolute Gasteiger partial charge is 0.313 e. The van der Waals surface area contributed by atoms with Gasteiger partial charge in [0.15, 0.2) is 0 Å². The summed E-state index contributed by atoms with van der Waals surface area (Å²) in [6.07, 6.45) is 0.330. The topological polar surface area (TPSA) is 87.7 Å². The van der Waals surface area contributed by atoms with E-state index in [1.807, 2.05) is 25.1 Å². The molecule has 0 aliphatic rings. The molecule has 0 aromatic heterocycles. The summed E-state index contributed by atoms with van der Waals surface area (Å²) in [5, 5.41) is 15.5. The van der Waals surface area contributed by atoms with Gasteiger partial charge < -0.3 is 20.5 Å². The number of methoxy groups -OCH3 is 1. The molecule has 0 heterocycles. The third-order valence-corrected chi connectivity index (χ3v) is 3.86. The molecule has 1 atom stereocenters. The van der Waals surface area contributed by atoms with Crippen molar-refractivity contribution >= 4 is 17.5 Å². The van der Waals surface area contributed by atoms with Gasteiger partial charge in [-0.25, -0.2) is 0 Å². The van der Waals surface area contributed by atoms with E-state index in [1.54, 1.807) is 44.4 Å². The highest BCUT2D eigenvalue weighted by molar-refractivity contribution is 6.39. The van der Waals surface area contributed by atoms with E-state index in [0.717, 1.165) is 16.9 Å². The summed E-state index contributed by atoms with van der Waals surface area (Å²) < 4.78 is 5.10. The number of aryl methyl sites for hydroxylation is 1. The van der Waals surface area contributed by atoms with E-state index in [9.17, 15) is 14.7 Å². The largest absolute Gasteiger partial charge is 0.497 e. The van der Waals surface area contributed by atoms with E-state index in [4.69, 9.17) is 4.74 Å². The summed E-state index contributed by atoms with van der Waals surface area (Å²) in [4.78, 5) is 23.9. The number of carbonyl (C=O) groups is 2. The zero-order valence-corrected chi connectivity index (χ0v) is 15.2. The normalized spacial score (nSPS) is 12.8. The third kappa shape index (κ3) is 5.89. The number of rotatable bonds is 6. The summed E-state index contributed by atoms with van der Waals surface area (Å²) >= 11 is 0. The van der Waals surface area contributed by atoms with Gasteiger partial charge in [0.1, 0.15) is 5.75 Å². The molecule has 0 aliphatic carbocycles. The van der Waals surface area contributed by atoms with Gasteiger partial charge in [0.25, 0.3) is 0 Å². The lowest BCUT2D eigenvalue weighted by atomic mass is 9.96. The molecule has 2 aromatic carbocycles. The van der Waals surface area contributed by atoms with Gasteiger partial charge in [-0.2, -0.15) is 0 Å². The standard InChI is InChI=1S/C20H24N2O4/c1-14-5-4-6-16(11-14)22-19(24)18(23)21-13-20(2,25)12-15-7-9-17(26-3)10-8-15/h4-11,25H,12-13H2,1-3H3,(H,21,23)(H,22,24). The number of carbonyl (C=O) groups excluding carboxylic acids is 2. The Morgan fingerprint density at radius 1 is 1.12 bits per heavy atom. The van der Waals surface area contributed by atoms with Crippen molar-refractivity contribution in [2.24, 2.45) is 0 Å². The van der Waals surface area contributed by atoms with Gasteiger partial charge in [0, 0.05) is 18.7 Å². The van der Waals surface area contributed by atoms with Crippen molar-refractivity contribution in [1.82, 2.24) is 5.32 Å². The summed E-state index contributed by atoms with van der Waals surface area (Å²) in [5.74, 6) is -0.827. The second-order valence-corrected chi connectivity index (χ2v) is 6.53. The fourth-order valence-electron chi connectivity index (χ4n) is 2.51. The first-order valence-corrected chi connectivity index (χ1v) is 8.30. The molecule has 3 N–H and O–H groups in total. The number of anilines is 1. The van der Waals surface area contributed by atoms with Crippen molar-refractivity contribution in [3.8, 4) is 5.75 Å². The number of ether oxygens (including phenoxy) is 1. The monoisotopic (exact) mass is 356 g/mol. The Balaban J connectivity index is 1.86. The van der Waals surface area contributed by atoms with Crippen molar-refractivity contribution in [3.05, 3.63) is 59.7 Å². The molecule has 138 valence electrons. The van der Waals surface area contributed by atoms with Gasteiger partial charge in [-0.1, -0.05) is 24.3 Å². The van der Waals surface area contributed by atoms with Crippen LogP contribution >= 0.6 is 0 Å². The van der Waals surface area contributed by atoms with Crippen molar-refractivity contribution in [2.45, 2.75) is 25.9 Å². The van der Waals surface area contributed by atoms with Gasteiger partial charge in [-0.15, -0.1) is 0 Å². The molecule has 0 fully saturated rings. The van der Waals surface area contributed by atoms with E-state index in [0.29, 0.717) is 12.1 Å². The first-order valence-electron chi connectivity index (χ1n) is 8.30. The van der Waals surface area contributed by atoms with E-state index in [2.05, 4.69) is 10.6 Å². The number of hydrogen-bond acceptors (Lipinski definition) is 4. The van der Waals surface area contributed by atoms with E-state index in [-0.39, 0.29) is 6.54 Å². The van der Waals surface area contributed by atoms with Crippen LogP contribution in [0.1, 0.15) is 18.1 Å². The molecule has 2 rings (SSSR count). The van der Waals surface area contributed by atoms with Crippen LogP contribution < -0.4 is 15.4 Å². The molecule has 2 amide bonds. The lowest BCUT2D eigenvalue weighted by Crippen LogP contribution is -2.45. The predicted octanol–water partition coefficient (Wildman–Crippen LogP) is 2.05. The van der Waals surface area contributed by atoms with Crippen molar-refractivity contribution in [1.29, 1.82) is 0 Å². The Bertz CT molecular complexity index is 770. The van der Waals surface area contributed by atoms with Crippen molar-refractivity contribution in [2.75, 3.05) is 19.0 Å². The van der Waals surface area contributed by atoms with Crippen LogP contribution in [0.25, 0.3) is 0 Å². The number of aliphatic hydroxyl groups is 1. The Hall–Kier alpha value is -2.86. The summed E-state index contributed by atoms with van der Waals surface area (Å²) in [5.41, 5.74) is 1.24. The highest BCUT2D eigenvalue weighted by atomic mass is 16.5. The Morgan fingerprint density at radius 2 is 1.81 bits per heavy atom. The molecule has 2 aromatic rings. The molecule has 26 heavy (non-hydrogen) atoms. The van der Waals surface area contributed by atoms with Crippen LogP contribution in [0.4, 0.5) is 5.69 Å². The Morgan fingerprint density at radius 3 is 2.42 bits per heavy atom. The minimum absolute atomic E-state index is 0.0426. The average Bonchev–Trinajstić information content (AvgIpc) is 2.60. The zero-order chi connectivity index (χ0) is 19.2. The molecule has 0 saturated carbocycles. The minimum Gasteiger partial charge on any atom is -0.497 e. The molecule has 6 nitrogen and oxygen atoms in total. The van der Waals surface area contributed by atoms with E-state index >= 15 is 0 Å². The fraction of sp³-hybridized carbons (Fsp3) is 0.300.